The van der Waals surface area contributed by atoms with Crippen LogP contribution in [-0.2, 0) is 6.42 Å². The molecular weight excluding hydrogens is 260 g/mol. The third-order valence-corrected chi connectivity index (χ3v) is 5.18. The Morgan fingerprint density at radius 2 is 2.19 bits per heavy atom. The Morgan fingerprint density at radius 1 is 1.29 bits per heavy atom. The van der Waals surface area contributed by atoms with E-state index in [-0.39, 0.29) is 0 Å². The standard InChI is InChI=1S/C18H28N2O/c1-19-18-9-6-14-13-16(7-8-17(14)18)21-12-10-15-5-3-4-11-20(15)2/h7-8,13,15,18-19H,3-6,9-12H2,1-2H3. The average molecular weight is 288 g/mol. The molecule has 2 atom stereocenters. The van der Waals surface area contributed by atoms with Crippen LogP contribution >= 0.6 is 0 Å². The van der Waals surface area contributed by atoms with Crippen molar-refractivity contribution in [1.29, 1.82) is 0 Å². The van der Waals surface area contributed by atoms with Crippen LogP contribution in [-0.4, -0.2) is 38.2 Å². The molecule has 0 radical (unpaired) electrons. The highest BCUT2D eigenvalue weighted by atomic mass is 16.5. The van der Waals surface area contributed by atoms with E-state index in [0.29, 0.717) is 12.1 Å². The van der Waals surface area contributed by atoms with Gasteiger partial charge < -0.3 is 15.0 Å². The zero-order valence-corrected chi connectivity index (χ0v) is 13.4. The van der Waals surface area contributed by atoms with Crippen molar-refractivity contribution in [3.05, 3.63) is 29.3 Å². The number of aryl methyl sites for hydroxylation is 1. The van der Waals surface area contributed by atoms with Gasteiger partial charge in [-0.1, -0.05) is 12.5 Å². The molecule has 116 valence electrons. The monoisotopic (exact) mass is 288 g/mol. The fourth-order valence-corrected chi connectivity index (χ4v) is 3.81. The van der Waals surface area contributed by atoms with Gasteiger partial charge in [-0.2, -0.15) is 0 Å². The zero-order chi connectivity index (χ0) is 14.7. The molecule has 0 spiro atoms. The summed E-state index contributed by atoms with van der Waals surface area (Å²) < 4.78 is 6.00. The van der Waals surface area contributed by atoms with Crippen molar-refractivity contribution >= 4 is 0 Å². The highest BCUT2D eigenvalue weighted by molar-refractivity contribution is 5.40. The predicted molar refractivity (Wildman–Crippen MR) is 86.9 cm³/mol. The van der Waals surface area contributed by atoms with Gasteiger partial charge in [-0.3, -0.25) is 0 Å². The molecule has 2 unspecified atom stereocenters. The second-order valence-electron chi connectivity index (χ2n) is 6.51. The van der Waals surface area contributed by atoms with E-state index < -0.39 is 0 Å². The Morgan fingerprint density at radius 3 is 3.00 bits per heavy atom. The van der Waals surface area contributed by atoms with E-state index >= 15 is 0 Å². The van der Waals surface area contributed by atoms with Crippen molar-refractivity contribution in [3.8, 4) is 5.75 Å². The first-order chi connectivity index (χ1) is 10.3. The third-order valence-electron chi connectivity index (χ3n) is 5.18. The summed E-state index contributed by atoms with van der Waals surface area (Å²) >= 11 is 0. The average Bonchev–Trinajstić information content (AvgIpc) is 2.91. The van der Waals surface area contributed by atoms with Gasteiger partial charge in [0.05, 0.1) is 6.61 Å². The SMILES string of the molecule is CNC1CCc2cc(OCCC3CCCCN3C)ccc21. The van der Waals surface area contributed by atoms with Crippen molar-refractivity contribution < 1.29 is 4.74 Å². The van der Waals surface area contributed by atoms with E-state index in [1.807, 2.05) is 7.05 Å². The van der Waals surface area contributed by atoms with E-state index in [9.17, 15) is 0 Å². The van der Waals surface area contributed by atoms with Crippen molar-refractivity contribution in [3.63, 3.8) is 0 Å². The number of hydrogen-bond donors (Lipinski definition) is 1. The fourth-order valence-electron chi connectivity index (χ4n) is 3.81. The summed E-state index contributed by atoms with van der Waals surface area (Å²) in [5, 5.41) is 3.38. The number of nitrogens with one attached hydrogen (secondary N) is 1. The molecule has 0 saturated carbocycles. The van der Waals surface area contributed by atoms with Crippen LogP contribution in [0.4, 0.5) is 0 Å². The molecule has 1 heterocycles. The Kier molecular flexibility index (Phi) is 4.81. The summed E-state index contributed by atoms with van der Waals surface area (Å²) in [5.41, 5.74) is 2.92. The van der Waals surface area contributed by atoms with E-state index in [2.05, 4.69) is 35.5 Å². The lowest BCUT2D eigenvalue weighted by Crippen LogP contribution is -2.37. The largest absolute Gasteiger partial charge is 0.494 e. The first kappa shape index (κ1) is 14.9. The van der Waals surface area contributed by atoms with Gasteiger partial charge in [0.25, 0.3) is 0 Å². The molecule has 1 fully saturated rings. The highest BCUT2D eigenvalue weighted by Crippen LogP contribution is 2.33. The first-order valence-corrected chi connectivity index (χ1v) is 8.41. The third kappa shape index (κ3) is 3.41. The lowest BCUT2D eigenvalue weighted by Gasteiger charge is -2.32. The molecule has 3 heteroatoms. The normalized spacial score (nSPS) is 25.8. The first-order valence-electron chi connectivity index (χ1n) is 8.41. The van der Waals surface area contributed by atoms with Crippen LogP contribution in [0.2, 0.25) is 0 Å². The van der Waals surface area contributed by atoms with Crippen molar-refractivity contribution in [1.82, 2.24) is 10.2 Å². The lowest BCUT2D eigenvalue weighted by atomic mass is 10.0. The molecule has 3 rings (SSSR count). The van der Waals surface area contributed by atoms with Crippen LogP contribution in [0.25, 0.3) is 0 Å². The van der Waals surface area contributed by atoms with Crippen molar-refractivity contribution in [2.24, 2.45) is 0 Å². The number of rotatable bonds is 5. The van der Waals surface area contributed by atoms with Gasteiger partial charge in [-0.05, 0) is 76.0 Å². The number of nitrogens with zero attached hydrogens (tertiary/aromatic N) is 1. The number of hydrogen-bond acceptors (Lipinski definition) is 3. The minimum Gasteiger partial charge on any atom is -0.494 e. The molecule has 0 bridgehead atoms. The van der Waals surface area contributed by atoms with Gasteiger partial charge in [0.15, 0.2) is 0 Å². The topological polar surface area (TPSA) is 24.5 Å². The van der Waals surface area contributed by atoms with Crippen LogP contribution in [0.5, 0.6) is 5.75 Å². The molecule has 1 saturated heterocycles. The number of likely N-dealkylation sites (tertiary alicyclic amines) is 1. The molecule has 2 aliphatic rings. The van der Waals surface area contributed by atoms with E-state index in [4.69, 9.17) is 4.74 Å². The molecule has 0 amide bonds. The smallest absolute Gasteiger partial charge is 0.119 e. The Hall–Kier alpha value is -1.06. The molecule has 1 aliphatic heterocycles. The second-order valence-corrected chi connectivity index (χ2v) is 6.51. The number of fused-ring (bicyclic) bond motifs is 1. The Bertz CT molecular complexity index is 474. The highest BCUT2D eigenvalue weighted by Gasteiger charge is 2.21. The number of ether oxygens (including phenoxy) is 1. The molecule has 3 nitrogen and oxygen atoms in total. The molecule has 0 aromatic heterocycles. The van der Waals surface area contributed by atoms with Crippen molar-refractivity contribution in [2.45, 2.75) is 50.6 Å². The van der Waals surface area contributed by atoms with E-state index in [0.717, 1.165) is 18.8 Å². The summed E-state index contributed by atoms with van der Waals surface area (Å²) in [7, 11) is 4.29. The van der Waals surface area contributed by atoms with Crippen LogP contribution in [0.3, 0.4) is 0 Å². The zero-order valence-electron chi connectivity index (χ0n) is 13.4. The van der Waals surface area contributed by atoms with Gasteiger partial charge in [0.2, 0.25) is 0 Å². The van der Waals surface area contributed by atoms with Crippen LogP contribution < -0.4 is 10.1 Å². The van der Waals surface area contributed by atoms with Crippen LogP contribution in [0, 0.1) is 0 Å². The van der Waals surface area contributed by atoms with Crippen molar-refractivity contribution in [2.75, 3.05) is 27.2 Å². The summed E-state index contributed by atoms with van der Waals surface area (Å²) in [5.74, 6) is 1.05. The number of benzene rings is 1. The fraction of sp³-hybridized carbons (Fsp3) is 0.667. The Labute approximate surface area is 128 Å². The maximum Gasteiger partial charge on any atom is 0.119 e. The second kappa shape index (κ2) is 6.80. The predicted octanol–water partition coefficient (Wildman–Crippen LogP) is 3.15. The maximum absolute atomic E-state index is 6.00. The number of piperidine rings is 1. The van der Waals surface area contributed by atoms with Gasteiger partial charge in [0, 0.05) is 12.1 Å². The van der Waals surface area contributed by atoms with E-state index in [1.54, 1.807) is 0 Å². The quantitative estimate of drug-likeness (QED) is 0.901. The summed E-state index contributed by atoms with van der Waals surface area (Å²) in [6, 6.07) is 7.87. The maximum atomic E-state index is 6.00. The minimum absolute atomic E-state index is 0.532. The lowest BCUT2D eigenvalue weighted by molar-refractivity contribution is 0.153. The van der Waals surface area contributed by atoms with Gasteiger partial charge >= 0.3 is 0 Å². The van der Waals surface area contributed by atoms with Crippen LogP contribution in [0.15, 0.2) is 18.2 Å². The molecular formula is C18H28N2O. The minimum atomic E-state index is 0.532. The van der Waals surface area contributed by atoms with Gasteiger partial charge in [0.1, 0.15) is 5.75 Å². The molecule has 1 N–H and O–H groups in total. The molecule has 1 aliphatic carbocycles. The molecule has 1 aromatic rings. The Balaban J connectivity index is 1.52. The van der Waals surface area contributed by atoms with Crippen LogP contribution in [0.1, 0.15) is 49.3 Å². The summed E-state index contributed by atoms with van der Waals surface area (Å²) in [6.45, 7) is 2.08. The molecule has 21 heavy (non-hydrogen) atoms. The summed E-state index contributed by atoms with van der Waals surface area (Å²) in [6.07, 6.45) is 7.58. The van der Waals surface area contributed by atoms with E-state index in [1.165, 1.54) is 49.8 Å². The van der Waals surface area contributed by atoms with Gasteiger partial charge in [-0.25, -0.2) is 0 Å². The molecule has 1 aromatic carbocycles. The summed E-state index contributed by atoms with van der Waals surface area (Å²) in [4.78, 5) is 2.49. The van der Waals surface area contributed by atoms with Gasteiger partial charge in [-0.15, -0.1) is 0 Å².